The summed E-state index contributed by atoms with van der Waals surface area (Å²) >= 11 is 9.64. The zero-order valence-corrected chi connectivity index (χ0v) is 12.6. The summed E-state index contributed by atoms with van der Waals surface area (Å²) in [5.41, 5.74) is 10.6. The van der Waals surface area contributed by atoms with Gasteiger partial charge in [-0.25, -0.2) is 0 Å². The molecule has 0 atom stereocenters. The van der Waals surface area contributed by atoms with E-state index in [0.29, 0.717) is 0 Å². The molecule has 0 saturated heterocycles. The number of halogens is 2. The Balaban J connectivity index is 2.34. The summed E-state index contributed by atoms with van der Waals surface area (Å²) in [6, 6.07) is 9.78. The van der Waals surface area contributed by atoms with E-state index in [4.69, 9.17) is 17.3 Å². The highest BCUT2D eigenvalue weighted by atomic mass is 79.9. The molecule has 2 nitrogen and oxygen atoms in total. The van der Waals surface area contributed by atoms with Crippen molar-refractivity contribution in [2.75, 3.05) is 11.1 Å². The van der Waals surface area contributed by atoms with Crippen molar-refractivity contribution in [1.82, 2.24) is 0 Å². The van der Waals surface area contributed by atoms with Gasteiger partial charge in [0.05, 0.1) is 5.69 Å². The summed E-state index contributed by atoms with van der Waals surface area (Å²) in [6.45, 7) is 3.96. The van der Waals surface area contributed by atoms with Crippen LogP contribution in [0.25, 0.3) is 0 Å². The van der Waals surface area contributed by atoms with Gasteiger partial charge < -0.3 is 11.1 Å². The molecule has 0 unspecified atom stereocenters. The first kappa shape index (κ1) is 13.2. The highest BCUT2D eigenvalue weighted by Gasteiger charge is 2.05. The molecule has 0 aliphatic carbocycles. The van der Waals surface area contributed by atoms with Crippen LogP contribution in [0.3, 0.4) is 0 Å². The van der Waals surface area contributed by atoms with Gasteiger partial charge in [0.2, 0.25) is 0 Å². The predicted molar refractivity (Wildman–Crippen MR) is 82.8 cm³/mol. The molecule has 0 aliphatic rings. The Hall–Kier alpha value is -1.19. The third-order valence-electron chi connectivity index (χ3n) is 2.81. The molecule has 0 saturated carbocycles. The van der Waals surface area contributed by atoms with E-state index in [0.717, 1.165) is 37.7 Å². The minimum absolute atomic E-state index is 0.737. The third kappa shape index (κ3) is 2.79. The van der Waals surface area contributed by atoms with Gasteiger partial charge in [0.25, 0.3) is 0 Å². The molecule has 2 aromatic rings. The fourth-order valence-electron chi connectivity index (χ4n) is 1.62. The van der Waals surface area contributed by atoms with Crippen molar-refractivity contribution in [3.63, 3.8) is 0 Å². The molecule has 2 aromatic carbocycles. The van der Waals surface area contributed by atoms with Crippen LogP contribution >= 0.6 is 27.5 Å². The van der Waals surface area contributed by atoms with Crippen LogP contribution in [0.15, 0.2) is 34.8 Å². The van der Waals surface area contributed by atoms with Crippen LogP contribution in [0.1, 0.15) is 11.1 Å². The molecule has 0 aliphatic heterocycles. The van der Waals surface area contributed by atoms with Crippen LogP contribution in [-0.2, 0) is 0 Å². The monoisotopic (exact) mass is 324 g/mol. The van der Waals surface area contributed by atoms with Gasteiger partial charge in [-0.2, -0.15) is 0 Å². The average molecular weight is 326 g/mol. The van der Waals surface area contributed by atoms with Crippen LogP contribution in [0, 0.1) is 13.8 Å². The predicted octanol–water partition coefficient (Wildman–Crippen LogP) is 5.05. The summed E-state index contributed by atoms with van der Waals surface area (Å²) < 4.78 is 0.976. The van der Waals surface area contributed by atoms with Crippen molar-refractivity contribution < 1.29 is 0 Å². The number of nitrogens with two attached hydrogens (primary N) is 1. The summed E-state index contributed by atoms with van der Waals surface area (Å²) in [7, 11) is 0. The van der Waals surface area contributed by atoms with Crippen molar-refractivity contribution >= 4 is 44.6 Å². The summed E-state index contributed by atoms with van der Waals surface area (Å²) in [5, 5.41) is 4.03. The summed E-state index contributed by atoms with van der Waals surface area (Å²) in [6.07, 6.45) is 0. The Kier molecular flexibility index (Phi) is 3.83. The van der Waals surface area contributed by atoms with Gasteiger partial charge in [-0.1, -0.05) is 17.7 Å². The standard InChI is InChI=1S/C14H14BrClN2/c1-8-3-4-10(6-13(8)17)18-14-7-12(16)9(2)5-11(14)15/h3-7,18H,17H2,1-2H3. The second-order valence-electron chi connectivity index (χ2n) is 4.28. The van der Waals surface area contributed by atoms with E-state index in [-0.39, 0.29) is 0 Å². The number of nitrogen functional groups attached to an aromatic ring is 1. The van der Waals surface area contributed by atoms with Crippen molar-refractivity contribution in [1.29, 1.82) is 0 Å². The zero-order chi connectivity index (χ0) is 13.3. The Bertz CT molecular complexity index is 597. The highest BCUT2D eigenvalue weighted by molar-refractivity contribution is 9.10. The molecule has 18 heavy (non-hydrogen) atoms. The van der Waals surface area contributed by atoms with E-state index < -0.39 is 0 Å². The van der Waals surface area contributed by atoms with Gasteiger partial charge in [-0.15, -0.1) is 0 Å². The maximum Gasteiger partial charge on any atom is 0.0543 e. The van der Waals surface area contributed by atoms with Gasteiger partial charge in [-0.05, 0) is 65.2 Å². The largest absolute Gasteiger partial charge is 0.398 e. The molecule has 0 bridgehead atoms. The molecule has 0 amide bonds. The Morgan fingerprint density at radius 2 is 1.83 bits per heavy atom. The number of benzene rings is 2. The van der Waals surface area contributed by atoms with Crippen LogP contribution in [0.5, 0.6) is 0 Å². The number of hydrogen-bond acceptors (Lipinski definition) is 2. The van der Waals surface area contributed by atoms with Gasteiger partial charge in [-0.3, -0.25) is 0 Å². The number of anilines is 3. The number of rotatable bonds is 2. The van der Waals surface area contributed by atoms with E-state index in [1.807, 2.05) is 44.2 Å². The molecule has 0 spiro atoms. The first-order valence-electron chi connectivity index (χ1n) is 5.56. The molecular formula is C14H14BrClN2. The second kappa shape index (κ2) is 5.21. The number of hydrogen-bond donors (Lipinski definition) is 2. The molecule has 4 heteroatoms. The lowest BCUT2D eigenvalue weighted by Gasteiger charge is -2.12. The lowest BCUT2D eigenvalue weighted by Crippen LogP contribution is -1.95. The molecule has 2 rings (SSSR count). The molecular weight excluding hydrogens is 312 g/mol. The van der Waals surface area contributed by atoms with E-state index in [9.17, 15) is 0 Å². The maximum absolute atomic E-state index is 6.12. The molecule has 0 fully saturated rings. The molecule has 94 valence electrons. The smallest absolute Gasteiger partial charge is 0.0543 e. The summed E-state index contributed by atoms with van der Waals surface area (Å²) in [5.74, 6) is 0. The van der Waals surface area contributed by atoms with Gasteiger partial charge >= 0.3 is 0 Å². The minimum Gasteiger partial charge on any atom is -0.398 e. The van der Waals surface area contributed by atoms with Crippen LogP contribution in [0.2, 0.25) is 5.02 Å². The highest BCUT2D eigenvalue weighted by Crippen LogP contribution is 2.32. The molecule has 0 radical (unpaired) electrons. The van der Waals surface area contributed by atoms with E-state index >= 15 is 0 Å². The maximum atomic E-state index is 6.12. The lowest BCUT2D eigenvalue weighted by molar-refractivity contribution is 1.42. The summed E-state index contributed by atoms with van der Waals surface area (Å²) in [4.78, 5) is 0. The SMILES string of the molecule is Cc1ccc(Nc2cc(Cl)c(C)cc2Br)cc1N. The fourth-order valence-corrected chi connectivity index (χ4v) is 2.34. The van der Waals surface area contributed by atoms with Crippen LogP contribution in [0.4, 0.5) is 17.1 Å². The normalized spacial score (nSPS) is 10.4. The molecule has 3 N–H and O–H groups in total. The Labute approximate surface area is 120 Å². The zero-order valence-electron chi connectivity index (χ0n) is 10.2. The van der Waals surface area contributed by atoms with Gasteiger partial charge in [0, 0.05) is 20.9 Å². The minimum atomic E-state index is 0.737. The first-order valence-corrected chi connectivity index (χ1v) is 6.73. The topological polar surface area (TPSA) is 38.0 Å². The first-order chi connectivity index (χ1) is 8.47. The third-order valence-corrected chi connectivity index (χ3v) is 3.87. The van der Waals surface area contributed by atoms with Crippen LogP contribution in [-0.4, -0.2) is 0 Å². The van der Waals surface area contributed by atoms with Gasteiger partial charge in [0.1, 0.15) is 0 Å². The quantitative estimate of drug-likeness (QED) is 0.759. The van der Waals surface area contributed by atoms with Crippen molar-refractivity contribution in [3.8, 4) is 0 Å². The van der Waals surface area contributed by atoms with Crippen LogP contribution < -0.4 is 11.1 Å². The van der Waals surface area contributed by atoms with Crippen molar-refractivity contribution in [2.24, 2.45) is 0 Å². The van der Waals surface area contributed by atoms with Crippen molar-refractivity contribution in [2.45, 2.75) is 13.8 Å². The molecule has 0 aromatic heterocycles. The second-order valence-corrected chi connectivity index (χ2v) is 5.54. The van der Waals surface area contributed by atoms with Gasteiger partial charge in [0.15, 0.2) is 0 Å². The average Bonchev–Trinajstić information content (AvgIpc) is 2.31. The van der Waals surface area contributed by atoms with Crippen molar-refractivity contribution in [3.05, 3.63) is 51.0 Å². The van der Waals surface area contributed by atoms with E-state index in [2.05, 4.69) is 21.2 Å². The number of nitrogens with one attached hydrogen (secondary N) is 1. The van der Waals surface area contributed by atoms with E-state index in [1.165, 1.54) is 0 Å². The number of aryl methyl sites for hydroxylation is 2. The molecule has 0 heterocycles. The Morgan fingerprint density at radius 3 is 2.50 bits per heavy atom. The van der Waals surface area contributed by atoms with E-state index in [1.54, 1.807) is 0 Å². The fraction of sp³-hybridized carbons (Fsp3) is 0.143. The lowest BCUT2D eigenvalue weighted by atomic mass is 10.1. The Morgan fingerprint density at radius 1 is 1.11 bits per heavy atom.